The van der Waals surface area contributed by atoms with Gasteiger partial charge in [-0.05, 0) is 56.3 Å². The Morgan fingerprint density at radius 1 is 1.33 bits per heavy atom. The lowest BCUT2D eigenvalue weighted by atomic mass is 9.83. The second-order valence-corrected chi connectivity index (χ2v) is 5.75. The van der Waals surface area contributed by atoms with E-state index in [-0.39, 0.29) is 5.97 Å². The van der Waals surface area contributed by atoms with E-state index in [1.54, 1.807) is 0 Å². The monoisotopic (exact) mass is 251 g/mol. The number of allylic oxidation sites excluding steroid dienone is 2. The van der Waals surface area contributed by atoms with E-state index in [0.717, 1.165) is 31.1 Å². The molecule has 0 aromatic heterocycles. The Bertz CT molecular complexity index is 312. The summed E-state index contributed by atoms with van der Waals surface area (Å²) in [5, 5.41) is 0. The quantitative estimate of drug-likeness (QED) is 0.448. The first kappa shape index (κ1) is 13.6. The van der Waals surface area contributed by atoms with Gasteiger partial charge in [0.1, 0.15) is 0 Å². The third kappa shape index (κ3) is 3.14. The molecule has 0 saturated heterocycles. The number of hydrogen-bond donors (Lipinski definition) is 1. The van der Waals surface area contributed by atoms with Gasteiger partial charge in [-0.2, -0.15) is 0 Å². The lowest BCUT2D eigenvalue weighted by Gasteiger charge is -2.27. The molecule has 3 heteroatoms. The first-order valence-corrected chi connectivity index (χ1v) is 7.19. The van der Waals surface area contributed by atoms with Crippen molar-refractivity contribution in [3.8, 4) is 0 Å². The summed E-state index contributed by atoms with van der Waals surface area (Å²) in [7, 11) is 1.44. The third-order valence-corrected chi connectivity index (χ3v) is 4.71. The molecule has 0 aromatic carbocycles. The van der Waals surface area contributed by atoms with E-state index in [4.69, 9.17) is 5.73 Å². The summed E-state index contributed by atoms with van der Waals surface area (Å²) >= 11 is 0. The molecular weight excluding hydrogens is 226 g/mol. The zero-order chi connectivity index (χ0) is 13.0. The fraction of sp³-hybridized carbons (Fsp3) is 0.800. The zero-order valence-corrected chi connectivity index (χ0v) is 11.3. The van der Waals surface area contributed by atoms with E-state index < -0.39 is 0 Å². The lowest BCUT2D eigenvalue weighted by Crippen LogP contribution is -2.35. The Hall–Kier alpha value is -0.830. The van der Waals surface area contributed by atoms with Gasteiger partial charge < -0.3 is 10.5 Å². The predicted octanol–water partition coefficient (Wildman–Crippen LogP) is 2.65. The van der Waals surface area contributed by atoms with Crippen LogP contribution >= 0.6 is 0 Å². The van der Waals surface area contributed by atoms with Gasteiger partial charge in [0.25, 0.3) is 0 Å². The van der Waals surface area contributed by atoms with Crippen molar-refractivity contribution >= 4 is 5.97 Å². The molecule has 102 valence electrons. The van der Waals surface area contributed by atoms with Crippen LogP contribution in [0.25, 0.3) is 0 Å². The molecule has 3 nitrogen and oxygen atoms in total. The minimum Gasteiger partial charge on any atom is -0.469 e. The van der Waals surface area contributed by atoms with Crippen LogP contribution < -0.4 is 5.73 Å². The number of ether oxygens (including phenoxy) is 1. The van der Waals surface area contributed by atoms with Crippen LogP contribution in [0.4, 0.5) is 0 Å². The second-order valence-electron chi connectivity index (χ2n) is 5.75. The first-order chi connectivity index (χ1) is 8.72. The molecule has 0 aromatic rings. The van der Waals surface area contributed by atoms with Crippen molar-refractivity contribution in [3.63, 3.8) is 0 Å². The van der Waals surface area contributed by atoms with Crippen molar-refractivity contribution in [2.45, 2.75) is 51.0 Å². The summed E-state index contributed by atoms with van der Waals surface area (Å²) < 4.78 is 4.61. The first-order valence-electron chi connectivity index (χ1n) is 7.19. The maximum absolute atomic E-state index is 10.9. The number of esters is 1. The Morgan fingerprint density at radius 3 is 2.78 bits per heavy atom. The molecule has 0 spiro atoms. The molecule has 18 heavy (non-hydrogen) atoms. The van der Waals surface area contributed by atoms with Crippen LogP contribution in [0.2, 0.25) is 0 Å². The predicted molar refractivity (Wildman–Crippen MR) is 71.9 cm³/mol. The molecule has 2 fully saturated rings. The van der Waals surface area contributed by atoms with E-state index in [2.05, 4.69) is 16.9 Å². The normalized spacial score (nSPS) is 34.3. The SMILES string of the molecule is COC(=O)CCC/C=C\C[C@@H]1[C@@H]2CC[C@@H](C2)[C@H]1N. The topological polar surface area (TPSA) is 52.3 Å². The minimum absolute atomic E-state index is 0.112. The van der Waals surface area contributed by atoms with Gasteiger partial charge in [-0.3, -0.25) is 4.79 Å². The highest BCUT2D eigenvalue weighted by atomic mass is 16.5. The summed E-state index contributed by atoms with van der Waals surface area (Å²) in [4.78, 5) is 10.9. The average Bonchev–Trinajstić information content (AvgIpc) is 2.95. The molecular formula is C15H25NO2. The number of unbranched alkanes of at least 4 members (excludes halogenated alkanes) is 1. The fourth-order valence-electron chi connectivity index (χ4n) is 3.64. The largest absolute Gasteiger partial charge is 0.469 e. The smallest absolute Gasteiger partial charge is 0.305 e. The van der Waals surface area contributed by atoms with Gasteiger partial charge in [0.2, 0.25) is 0 Å². The average molecular weight is 251 g/mol. The summed E-state index contributed by atoms with van der Waals surface area (Å²) in [6.45, 7) is 0. The van der Waals surface area contributed by atoms with Crippen molar-refractivity contribution in [1.82, 2.24) is 0 Å². The molecule has 2 aliphatic carbocycles. The van der Waals surface area contributed by atoms with Gasteiger partial charge in [-0.25, -0.2) is 0 Å². The molecule has 4 atom stereocenters. The Kier molecular flexibility index (Phi) is 4.81. The van der Waals surface area contributed by atoms with Gasteiger partial charge >= 0.3 is 5.97 Å². The number of carbonyl (C=O) groups is 1. The van der Waals surface area contributed by atoms with Crippen LogP contribution in [0, 0.1) is 17.8 Å². The van der Waals surface area contributed by atoms with E-state index in [9.17, 15) is 4.79 Å². The van der Waals surface area contributed by atoms with Crippen LogP contribution in [0.3, 0.4) is 0 Å². The Labute approximate surface area is 110 Å². The van der Waals surface area contributed by atoms with Gasteiger partial charge in [0, 0.05) is 12.5 Å². The zero-order valence-electron chi connectivity index (χ0n) is 11.3. The summed E-state index contributed by atoms with van der Waals surface area (Å²) in [5.74, 6) is 2.27. The van der Waals surface area contributed by atoms with Crippen molar-refractivity contribution < 1.29 is 9.53 Å². The van der Waals surface area contributed by atoms with E-state index in [1.165, 1.54) is 26.4 Å². The van der Waals surface area contributed by atoms with Crippen molar-refractivity contribution in [3.05, 3.63) is 12.2 Å². The van der Waals surface area contributed by atoms with Gasteiger partial charge in [0.05, 0.1) is 7.11 Å². The minimum atomic E-state index is -0.112. The molecule has 0 unspecified atom stereocenters. The number of rotatable bonds is 6. The molecule has 2 bridgehead atoms. The Morgan fingerprint density at radius 2 is 2.11 bits per heavy atom. The van der Waals surface area contributed by atoms with Crippen LogP contribution in [-0.4, -0.2) is 19.1 Å². The summed E-state index contributed by atoms with van der Waals surface area (Å²) in [6.07, 6.45) is 12.1. The highest BCUT2D eigenvalue weighted by Crippen LogP contribution is 2.48. The lowest BCUT2D eigenvalue weighted by molar-refractivity contribution is -0.140. The third-order valence-electron chi connectivity index (χ3n) is 4.71. The second kappa shape index (κ2) is 6.37. The molecule has 0 heterocycles. The number of carbonyl (C=O) groups excluding carboxylic acids is 1. The van der Waals surface area contributed by atoms with Gasteiger partial charge in [-0.1, -0.05) is 12.2 Å². The number of nitrogens with two attached hydrogens (primary N) is 1. The van der Waals surface area contributed by atoms with E-state index >= 15 is 0 Å². The Balaban J connectivity index is 1.61. The highest BCUT2D eigenvalue weighted by molar-refractivity contribution is 5.68. The maximum Gasteiger partial charge on any atom is 0.305 e. The van der Waals surface area contributed by atoms with Crippen LogP contribution in [-0.2, 0) is 9.53 Å². The number of methoxy groups -OCH3 is 1. The van der Waals surface area contributed by atoms with Gasteiger partial charge in [0.15, 0.2) is 0 Å². The highest BCUT2D eigenvalue weighted by Gasteiger charge is 2.44. The molecule has 0 aliphatic heterocycles. The molecule has 2 rings (SSSR count). The van der Waals surface area contributed by atoms with Crippen LogP contribution in [0.1, 0.15) is 44.9 Å². The molecule has 2 N–H and O–H groups in total. The molecule has 0 radical (unpaired) electrons. The maximum atomic E-state index is 10.9. The van der Waals surface area contributed by atoms with Crippen molar-refractivity contribution in [2.24, 2.45) is 23.5 Å². The van der Waals surface area contributed by atoms with Crippen LogP contribution in [0.15, 0.2) is 12.2 Å². The van der Waals surface area contributed by atoms with Crippen molar-refractivity contribution in [1.29, 1.82) is 0 Å². The fourth-order valence-corrected chi connectivity index (χ4v) is 3.64. The number of hydrogen-bond acceptors (Lipinski definition) is 3. The van der Waals surface area contributed by atoms with Gasteiger partial charge in [-0.15, -0.1) is 0 Å². The van der Waals surface area contributed by atoms with Crippen molar-refractivity contribution in [2.75, 3.05) is 7.11 Å². The molecule has 2 aliphatic rings. The van der Waals surface area contributed by atoms with E-state index in [1.807, 2.05) is 0 Å². The van der Waals surface area contributed by atoms with E-state index in [0.29, 0.717) is 18.4 Å². The van der Waals surface area contributed by atoms with Crippen LogP contribution in [0.5, 0.6) is 0 Å². The summed E-state index contributed by atoms with van der Waals surface area (Å²) in [6, 6.07) is 0.434. The summed E-state index contributed by atoms with van der Waals surface area (Å²) in [5.41, 5.74) is 6.27. The molecule has 0 amide bonds. The standard InChI is InChI=1S/C15H25NO2/c1-18-14(17)7-5-3-2-4-6-13-11-8-9-12(10-11)15(13)16/h2,4,11-13,15H,3,5-10,16H2,1H3/b4-2-/t11-,12+,13-,15-/m1/s1. The number of fused-ring (bicyclic) bond motifs is 2. The molecule has 2 saturated carbocycles.